The van der Waals surface area contributed by atoms with Crippen LogP contribution in [-0.4, -0.2) is 22.1 Å². The van der Waals surface area contributed by atoms with E-state index in [4.69, 9.17) is 9.79 Å². The van der Waals surface area contributed by atoms with Crippen LogP contribution in [0.15, 0.2) is 25.3 Å². The molecule has 1 unspecified atom stereocenters. The van der Waals surface area contributed by atoms with Crippen molar-refractivity contribution in [3.05, 3.63) is 25.3 Å². The molecule has 0 aromatic heterocycles. The highest BCUT2D eigenvalue weighted by atomic mass is 31.2. The molecule has 0 amide bonds. The van der Waals surface area contributed by atoms with Crippen molar-refractivity contribution in [3.63, 3.8) is 0 Å². The highest BCUT2D eigenvalue weighted by molar-refractivity contribution is 7.52. The van der Waals surface area contributed by atoms with Gasteiger partial charge in [-0.15, -0.1) is 13.2 Å². The van der Waals surface area contributed by atoms with Crippen LogP contribution in [0.25, 0.3) is 0 Å². The van der Waals surface area contributed by atoms with Gasteiger partial charge in [-0.1, -0.05) is 12.2 Å². The minimum atomic E-state index is -4.08. The van der Waals surface area contributed by atoms with Crippen molar-refractivity contribution in [2.45, 2.75) is 5.78 Å². The van der Waals surface area contributed by atoms with Gasteiger partial charge in [0.2, 0.25) is 0 Å². The molecule has 0 bridgehead atoms. The second-order valence-electron chi connectivity index (χ2n) is 1.97. The van der Waals surface area contributed by atoms with Crippen LogP contribution in [0.5, 0.6) is 0 Å². The molecule has 11 heavy (non-hydrogen) atoms. The molecule has 0 aliphatic heterocycles. The van der Waals surface area contributed by atoms with E-state index in [2.05, 4.69) is 18.5 Å². The maximum atomic E-state index is 10.6. The quantitative estimate of drug-likeness (QED) is 0.421. The first-order valence-corrected chi connectivity index (χ1v) is 4.72. The van der Waals surface area contributed by atoms with E-state index >= 15 is 0 Å². The zero-order valence-corrected chi connectivity index (χ0v) is 7.00. The molecular formula is C6H12NO3P. The lowest BCUT2D eigenvalue weighted by Crippen LogP contribution is -2.26. The van der Waals surface area contributed by atoms with E-state index in [1.54, 1.807) is 0 Å². The first-order valence-electron chi connectivity index (χ1n) is 3.04. The molecular weight excluding hydrogens is 165 g/mol. The summed E-state index contributed by atoms with van der Waals surface area (Å²) in [6.45, 7) is 7.04. The van der Waals surface area contributed by atoms with Gasteiger partial charge in [0, 0.05) is 6.54 Å². The second kappa shape index (κ2) is 4.46. The topological polar surface area (TPSA) is 69.6 Å². The van der Waals surface area contributed by atoms with Gasteiger partial charge >= 0.3 is 7.60 Å². The lowest BCUT2D eigenvalue weighted by atomic mass is 10.5. The van der Waals surface area contributed by atoms with Gasteiger partial charge in [0.05, 0.1) is 0 Å². The molecule has 0 saturated carbocycles. The Morgan fingerprint density at radius 2 is 2.09 bits per heavy atom. The van der Waals surface area contributed by atoms with Crippen LogP contribution in [0, 0.1) is 0 Å². The maximum absolute atomic E-state index is 10.6. The molecule has 3 N–H and O–H groups in total. The first-order chi connectivity index (χ1) is 5.02. The molecule has 64 valence electrons. The Morgan fingerprint density at radius 1 is 1.55 bits per heavy atom. The summed E-state index contributed by atoms with van der Waals surface area (Å²) in [7, 11) is -4.08. The lowest BCUT2D eigenvalue weighted by Gasteiger charge is -2.14. The van der Waals surface area contributed by atoms with Gasteiger partial charge in [0.15, 0.2) is 0 Å². The summed E-state index contributed by atoms with van der Waals surface area (Å²) in [5, 5.41) is 2.56. The SMILES string of the molecule is C=CCNC(C=C)P(=O)(O)O. The number of nitrogens with one attached hydrogen (secondary N) is 1. The average Bonchev–Trinajstić information content (AvgIpc) is 1.87. The molecule has 5 heteroatoms. The zero-order valence-electron chi connectivity index (χ0n) is 6.10. The maximum Gasteiger partial charge on any atom is 0.346 e. The molecule has 1 atom stereocenters. The Balaban J connectivity index is 4.06. The smallest absolute Gasteiger partial charge is 0.323 e. The Hall–Kier alpha value is -0.410. The monoisotopic (exact) mass is 177 g/mol. The molecule has 0 fully saturated rings. The van der Waals surface area contributed by atoms with Crippen molar-refractivity contribution in [2.75, 3.05) is 6.54 Å². The molecule has 0 heterocycles. The van der Waals surface area contributed by atoms with Gasteiger partial charge in [-0.25, -0.2) is 0 Å². The van der Waals surface area contributed by atoms with Crippen LogP contribution in [-0.2, 0) is 4.57 Å². The molecule has 0 saturated heterocycles. The number of rotatable bonds is 5. The molecule has 4 nitrogen and oxygen atoms in total. The van der Waals surface area contributed by atoms with Crippen molar-refractivity contribution in [2.24, 2.45) is 0 Å². The summed E-state index contributed by atoms with van der Waals surface area (Å²) in [6.07, 6.45) is 2.70. The Morgan fingerprint density at radius 3 is 2.36 bits per heavy atom. The van der Waals surface area contributed by atoms with Crippen LogP contribution >= 0.6 is 7.60 Å². The van der Waals surface area contributed by atoms with E-state index in [1.165, 1.54) is 12.2 Å². The second-order valence-corrected chi connectivity index (χ2v) is 3.70. The molecule has 0 spiro atoms. The van der Waals surface area contributed by atoms with Crippen LogP contribution in [0.4, 0.5) is 0 Å². The predicted octanol–water partition coefficient (Wildman–Crippen LogP) is 0.452. The molecule has 0 rings (SSSR count). The average molecular weight is 177 g/mol. The van der Waals surface area contributed by atoms with Crippen molar-refractivity contribution in [1.29, 1.82) is 0 Å². The third-order valence-corrected chi connectivity index (χ3v) is 2.18. The van der Waals surface area contributed by atoms with Crippen LogP contribution in [0.2, 0.25) is 0 Å². The van der Waals surface area contributed by atoms with E-state index in [-0.39, 0.29) is 0 Å². The molecule has 0 aliphatic carbocycles. The molecule has 0 aromatic rings. The van der Waals surface area contributed by atoms with Crippen molar-refractivity contribution in [3.8, 4) is 0 Å². The van der Waals surface area contributed by atoms with Gasteiger partial charge in [-0.2, -0.15) is 0 Å². The Labute approximate surface area is 65.8 Å². The van der Waals surface area contributed by atoms with E-state index in [0.717, 1.165) is 0 Å². The molecule has 0 radical (unpaired) electrons. The van der Waals surface area contributed by atoms with E-state index in [9.17, 15) is 4.57 Å². The summed E-state index contributed by atoms with van der Waals surface area (Å²) >= 11 is 0. The first kappa shape index (κ1) is 10.6. The number of hydrogen-bond donors (Lipinski definition) is 3. The summed E-state index contributed by atoms with van der Waals surface area (Å²) in [6, 6.07) is 0. The zero-order chi connectivity index (χ0) is 8.91. The van der Waals surface area contributed by atoms with Gasteiger partial charge in [-0.3, -0.25) is 9.88 Å². The normalized spacial score (nSPS) is 14.0. The summed E-state index contributed by atoms with van der Waals surface area (Å²) < 4.78 is 10.6. The third kappa shape index (κ3) is 4.11. The summed E-state index contributed by atoms with van der Waals surface area (Å²) in [4.78, 5) is 17.3. The van der Waals surface area contributed by atoms with E-state index in [1.807, 2.05) is 0 Å². The highest BCUT2D eigenvalue weighted by Gasteiger charge is 2.23. The highest BCUT2D eigenvalue weighted by Crippen LogP contribution is 2.39. The summed E-state index contributed by atoms with van der Waals surface area (Å²) in [5.41, 5.74) is 0. The molecule has 0 aliphatic rings. The van der Waals surface area contributed by atoms with Gasteiger partial charge < -0.3 is 9.79 Å². The predicted molar refractivity (Wildman–Crippen MR) is 44.2 cm³/mol. The van der Waals surface area contributed by atoms with Crippen LogP contribution < -0.4 is 5.32 Å². The Kier molecular flexibility index (Phi) is 4.30. The Bertz CT molecular complexity index is 186. The minimum absolute atomic E-state index is 0.349. The fourth-order valence-corrected chi connectivity index (χ4v) is 1.16. The largest absolute Gasteiger partial charge is 0.346 e. The van der Waals surface area contributed by atoms with Crippen molar-refractivity contribution in [1.82, 2.24) is 5.32 Å². The van der Waals surface area contributed by atoms with Gasteiger partial charge in [-0.05, 0) is 0 Å². The minimum Gasteiger partial charge on any atom is -0.323 e. The molecule has 0 aromatic carbocycles. The van der Waals surface area contributed by atoms with Crippen LogP contribution in [0.1, 0.15) is 0 Å². The van der Waals surface area contributed by atoms with E-state index < -0.39 is 13.4 Å². The number of hydrogen-bond acceptors (Lipinski definition) is 2. The lowest BCUT2D eigenvalue weighted by molar-refractivity contribution is 0.358. The fraction of sp³-hybridized carbons (Fsp3) is 0.333. The van der Waals surface area contributed by atoms with Crippen molar-refractivity contribution >= 4 is 7.60 Å². The van der Waals surface area contributed by atoms with Crippen molar-refractivity contribution < 1.29 is 14.4 Å². The third-order valence-electron chi connectivity index (χ3n) is 1.06. The standard InChI is InChI=1S/C6H12NO3P/c1-3-5-7-6(4-2)11(8,9)10/h3-4,6-7H,1-2,5H2,(H2,8,9,10). The van der Waals surface area contributed by atoms with Crippen LogP contribution in [0.3, 0.4) is 0 Å². The van der Waals surface area contributed by atoms with E-state index in [0.29, 0.717) is 6.54 Å². The van der Waals surface area contributed by atoms with Gasteiger partial charge in [0.1, 0.15) is 5.78 Å². The summed E-state index contributed by atoms with van der Waals surface area (Å²) in [5.74, 6) is -0.972. The van der Waals surface area contributed by atoms with Gasteiger partial charge in [0.25, 0.3) is 0 Å². The fourth-order valence-electron chi connectivity index (χ4n) is 0.544.